The molecule has 0 N–H and O–H groups in total. The molecular formula is C33H34ClF3NO3Si. The van der Waals surface area contributed by atoms with Gasteiger partial charge in [-0.2, -0.15) is 13.2 Å². The molecule has 4 nitrogen and oxygen atoms in total. The summed E-state index contributed by atoms with van der Waals surface area (Å²) in [6.45, 7) is 11.2. The summed E-state index contributed by atoms with van der Waals surface area (Å²) < 4.78 is 58.0. The maximum absolute atomic E-state index is 13.1. The van der Waals surface area contributed by atoms with Crippen LogP contribution in [0.5, 0.6) is 17.4 Å². The summed E-state index contributed by atoms with van der Waals surface area (Å²) in [6, 6.07) is 26.9. The summed E-state index contributed by atoms with van der Waals surface area (Å²) in [5, 5.41) is 1.95. The van der Waals surface area contributed by atoms with Crippen molar-refractivity contribution in [3.63, 3.8) is 0 Å². The number of pyridine rings is 1. The minimum Gasteiger partial charge on any atom is -0.491 e. The number of halogens is 4. The molecule has 3 aromatic carbocycles. The molecule has 4 rings (SSSR count). The van der Waals surface area contributed by atoms with Crippen molar-refractivity contribution in [3.05, 3.63) is 114 Å². The lowest BCUT2D eigenvalue weighted by molar-refractivity contribution is -0.137. The number of nitrogens with zero attached hydrogens (tertiary/aromatic N) is 1. The normalized spacial score (nSPS) is 12.3. The van der Waals surface area contributed by atoms with Crippen LogP contribution in [0, 0.1) is 6.92 Å². The molecule has 42 heavy (non-hydrogen) atoms. The van der Waals surface area contributed by atoms with E-state index in [2.05, 4.69) is 56.9 Å². The van der Waals surface area contributed by atoms with E-state index in [-0.39, 0.29) is 22.5 Å². The van der Waals surface area contributed by atoms with Gasteiger partial charge in [-0.05, 0) is 45.9 Å². The quantitative estimate of drug-likeness (QED) is 0.126. The number of ether oxygens (including phenoxy) is 2. The Labute approximate surface area is 251 Å². The first kappa shape index (κ1) is 31.6. The first-order chi connectivity index (χ1) is 20.0. The van der Waals surface area contributed by atoms with Gasteiger partial charge in [-0.15, -0.1) is 0 Å². The Hall–Kier alpha value is -3.33. The van der Waals surface area contributed by atoms with Gasteiger partial charge in [-0.25, -0.2) is 4.98 Å². The highest BCUT2D eigenvalue weighted by Gasteiger charge is 2.50. The maximum atomic E-state index is 13.1. The van der Waals surface area contributed by atoms with Crippen LogP contribution in [0.2, 0.25) is 10.1 Å². The van der Waals surface area contributed by atoms with E-state index in [1.807, 2.05) is 48.5 Å². The van der Waals surface area contributed by atoms with Crippen LogP contribution in [-0.2, 0) is 17.0 Å². The van der Waals surface area contributed by atoms with Crippen molar-refractivity contribution in [2.75, 3.05) is 13.2 Å². The summed E-state index contributed by atoms with van der Waals surface area (Å²) in [6.07, 6.45) is -2.68. The predicted molar refractivity (Wildman–Crippen MR) is 164 cm³/mol. The number of aryl methyl sites for hydroxylation is 1. The smallest absolute Gasteiger partial charge is 0.417 e. The van der Waals surface area contributed by atoms with Crippen LogP contribution in [0.25, 0.3) is 0 Å². The van der Waals surface area contributed by atoms with Crippen molar-refractivity contribution in [3.8, 4) is 17.4 Å². The first-order valence-corrected chi connectivity index (χ1v) is 15.9. The zero-order valence-electron chi connectivity index (χ0n) is 23.9. The number of benzene rings is 3. The minimum atomic E-state index is -4.56. The highest BCUT2D eigenvalue weighted by molar-refractivity contribution is 6.99. The molecule has 0 aliphatic carbocycles. The lowest BCUT2D eigenvalue weighted by atomic mass is 10.1. The molecule has 0 amide bonds. The zero-order valence-corrected chi connectivity index (χ0v) is 25.6. The molecule has 4 aromatic rings. The SMILES string of the molecule is [CH2]CCc1ccc(OCCO[Si](c2ccccc2)(c2ccccc2)C(C)(C)C)cc1Oc1ncc(C(F)(F)F)cc1Cl. The molecule has 1 radical (unpaired) electrons. The fourth-order valence-electron chi connectivity index (χ4n) is 4.99. The Morgan fingerprint density at radius 1 is 0.857 bits per heavy atom. The van der Waals surface area contributed by atoms with Crippen molar-refractivity contribution < 1.29 is 27.1 Å². The van der Waals surface area contributed by atoms with Gasteiger partial charge in [0, 0.05) is 12.3 Å². The molecule has 0 aliphatic heterocycles. The molecule has 0 spiro atoms. The average molecular weight is 613 g/mol. The number of rotatable bonds is 11. The molecule has 0 atom stereocenters. The van der Waals surface area contributed by atoms with E-state index in [0.29, 0.717) is 37.1 Å². The molecule has 0 unspecified atom stereocenters. The molecule has 0 saturated carbocycles. The zero-order chi connectivity index (χ0) is 30.4. The van der Waals surface area contributed by atoms with Crippen LogP contribution in [0.15, 0.2) is 91.1 Å². The Bertz CT molecular complexity index is 1420. The predicted octanol–water partition coefficient (Wildman–Crippen LogP) is 8.27. The van der Waals surface area contributed by atoms with E-state index in [1.165, 1.54) is 10.4 Å². The second kappa shape index (κ2) is 13.3. The monoisotopic (exact) mass is 612 g/mol. The van der Waals surface area contributed by atoms with Gasteiger partial charge in [0.1, 0.15) is 23.1 Å². The third kappa shape index (κ3) is 7.17. The van der Waals surface area contributed by atoms with Gasteiger partial charge in [0.2, 0.25) is 5.88 Å². The van der Waals surface area contributed by atoms with Gasteiger partial charge >= 0.3 is 6.18 Å². The molecular weight excluding hydrogens is 579 g/mol. The van der Waals surface area contributed by atoms with Gasteiger partial charge in [0.05, 0.1) is 12.2 Å². The van der Waals surface area contributed by atoms with Crippen LogP contribution < -0.4 is 19.8 Å². The molecule has 0 bridgehead atoms. The van der Waals surface area contributed by atoms with Gasteiger partial charge in [0.25, 0.3) is 8.32 Å². The second-order valence-corrected chi connectivity index (χ2v) is 15.6. The topological polar surface area (TPSA) is 40.6 Å². The standard InChI is InChI=1S/C33H34ClF3NO3Si/c1-5-12-24-17-18-26(22-30(24)41-31-29(34)21-25(23-38-31)33(35,36)37)39-19-20-40-42(32(2,3)4,27-13-8-6-9-14-27)28-15-10-7-11-16-28/h6-11,13-18,21-23H,1,5,12,19-20H2,2-4H3. The van der Waals surface area contributed by atoms with Crippen LogP contribution in [-0.4, -0.2) is 26.5 Å². The van der Waals surface area contributed by atoms with Crippen LogP contribution in [0.4, 0.5) is 13.2 Å². The van der Waals surface area contributed by atoms with E-state index >= 15 is 0 Å². The Morgan fingerprint density at radius 3 is 2.00 bits per heavy atom. The number of hydrogen-bond donors (Lipinski definition) is 0. The Kier molecular flexibility index (Phi) is 10.0. The molecule has 1 heterocycles. The number of hydrogen-bond acceptors (Lipinski definition) is 4. The molecule has 0 saturated heterocycles. The number of alkyl halides is 3. The van der Waals surface area contributed by atoms with Crippen molar-refractivity contribution in [2.45, 2.75) is 44.8 Å². The van der Waals surface area contributed by atoms with Gasteiger partial charge < -0.3 is 13.9 Å². The summed E-state index contributed by atoms with van der Waals surface area (Å²) in [7, 11) is -2.71. The molecule has 0 fully saturated rings. The fourth-order valence-corrected chi connectivity index (χ4v) is 9.74. The molecule has 9 heteroatoms. The first-order valence-electron chi connectivity index (χ1n) is 13.7. The third-order valence-corrected chi connectivity index (χ3v) is 12.2. The summed E-state index contributed by atoms with van der Waals surface area (Å²) in [4.78, 5) is 3.81. The van der Waals surface area contributed by atoms with E-state index in [9.17, 15) is 13.2 Å². The van der Waals surface area contributed by atoms with Gasteiger partial charge in [0.15, 0.2) is 0 Å². The maximum Gasteiger partial charge on any atom is 0.417 e. The van der Waals surface area contributed by atoms with Crippen molar-refractivity contribution >= 4 is 30.3 Å². The van der Waals surface area contributed by atoms with Gasteiger partial charge in [-0.3, -0.25) is 0 Å². The van der Waals surface area contributed by atoms with Crippen molar-refractivity contribution in [1.29, 1.82) is 0 Å². The third-order valence-electron chi connectivity index (χ3n) is 6.91. The summed E-state index contributed by atoms with van der Waals surface area (Å²) in [5.41, 5.74) is -0.144. The van der Waals surface area contributed by atoms with Crippen molar-refractivity contribution in [2.24, 2.45) is 0 Å². The van der Waals surface area contributed by atoms with Crippen LogP contribution in [0.1, 0.15) is 38.3 Å². The van der Waals surface area contributed by atoms with E-state index in [0.717, 1.165) is 11.6 Å². The summed E-state index contributed by atoms with van der Waals surface area (Å²) in [5.74, 6) is 0.784. The highest BCUT2D eigenvalue weighted by Crippen LogP contribution is 2.38. The van der Waals surface area contributed by atoms with Crippen molar-refractivity contribution in [1.82, 2.24) is 4.98 Å². The highest BCUT2D eigenvalue weighted by atomic mass is 35.5. The van der Waals surface area contributed by atoms with Crippen LogP contribution >= 0.6 is 11.6 Å². The summed E-state index contributed by atoms with van der Waals surface area (Å²) >= 11 is 6.09. The molecule has 0 aliphatic rings. The van der Waals surface area contributed by atoms with E-state index in [1.54, 1.807) is 6.07 Å². The molecule has 221 valence electrons. The Morgan fingerprint density at radius 2 is 1.48 bits per heavy atom. The largest absolute Gasteiger partial charge is 0.491 e. The number of aromatic nitrogens is 1. The fraction of sp³-hybridized carbons (Fsp3) is 0.273. The van der Waals surface area contributed by atoms with E-state index in [4.69, 9.17) is 25.5 Å². The van der Waals surface area contributed by atoms with Gasteiger partial charge in [-0.1, -0.05) is 106 Å². The van der Waals surface area contributed by atoms with Crippen LogP contribution in [0.3, 0.4) is 0 Å². The average Bonchev–Trinajstić information content (AvgIpc) is 2.95. The second-order valence-electron chi connectivity index (χ2n) is 10.8. The lowest BCUT2D eigenvalue weighted by Gasteiger charge is -2.43. The van der Waals surface area contributed by atoms with E-state index < -0.39 is 20.1 Å². The molecule has 1 aromatic heterocycles. The lowest BCUT2D eigenvalue weighted by Crippen LogP contribution is -2.66. The minimum absolute atomic E-state index is 0.123. The Balaban J connectivity index is 1.54.